The molecule has 0 unspecified atom stereocenters. The van der Waals surface area contributed by atoms with E-state index < -0.39 is 10.0 Å². The molecular formula is C31H39N5O6S. The zero-order valence-corrected chi connectivity index (χ0v) is 26.1. The Bertz CT molecular complexity index is 1770. The second-order valence-corrected chi connectivity index (χ2v) is 12.4. The number of aromatic amines is 1. The molecular weight excluding hydrogens is 570 g/mol. The van der Waals surface area contributed by atoms with Crippen LogP contribution in [0.3, 0.4) is 0 Å². The van der Waals surface area contributed by atoms with Gasteiger partial charge in [-0.3, -0.25) is 9.52 Å². The Labute approximate surface area is 251 Å². The van der Waals surface area contributed by atoms with Gasteiger partial charge in [0.15, 0.2) is 22.8 Å². The fraction of sp³-hybridized carbons (Fsp3) is 0.452. The minimum absolute atomic E-state index is 0.0233. The van der Waals surface area contributed by atoms with Crippen molar-refractivity contribution in [3.05, 3.63) is 58.3 Å². The summed E-state index contributed by atoms with van der Waals surface area (Å²) in [4.78, 5) is 20.7. The molecule has 0 spiro atoms. The van der Waals surface area contributed by atoms with Crippen LogP contribution in [-0.2, 0) is 10.0 Å². The summed E-state index contributed by atoms with van der Waals surface area (Å²) in [6, 6.07) is 9.43. The third-order valence-electron chi connectivity index (χ3n) is 7.88. The number of sulfonamides is 1. The SMILES string of the molecule is CCOc1ccc(S(=O)(=O)Nc2ccc(OC)c(OC3CCCC3)c2)cc1-c1nn2c(C(CC)CC)nc(C)c2c(=O)[nH]1. The highest BCUT2D eigenvalue weighted by atomic mass is 32.2. The number of imidazole rings is 1. The second kappa shape index (κ2) is 12.7. The van der Waals surface area contributed by atoms with Crippen molar-refractivity contribution < 1.29 is 22.6 Å². The van der Waals surface area contributed by atoms with Crippen molar-refractivity contribution in [2.45, 2.75) is 83.1 Å². The van der Waals surface area contributed by atoms with E-state index in [0.717, 1.165) is 38.5 Å². The van der Waals surface area contributed by atoms with Crippen LogP contribution in [0.25, 0.3) is 16.9 Å². The number of hydrogen-bond donors (Lipinski definition) is 2. The van der Waals surface area contributed by atoms with Gasteiger partial charge in [-0.25, -0.2) is 17.9 Å². The molecule has 0 saturated heterocycles. The van der Waals surface area contributed by atoms with Gasteiger partial charge < -0.3 is 19.2 Å². The molecule has 12 heteroatoms. The zero-order valence-electron chi connectivity index (χ0n) is 25.3. The third-order valence-corrected chi connectivity index (χ3v) is 9.26. The fourth-order valence-electron chi connectivity index (χ4n) is 5.61. The largest absolute Gasteiger partial charge is 0.493 e. The summed E-state index contributed by atoms with van der Waals surface area (Å²) in [5.41, 5.74) is 1.26. The van der Waals surface area contributed by atoms with E-state index in [1.165, 1.54) is 12.1 Å². The number of rotatable bonds is 12. The molecule has 0 radical (unpaired) electrons. The number of methoxy groups -OCH3 is 1. The van der Waals surface area contributed by atoms with Crippen LogP contribution in [0.1, 0.15) is 76.7 Å². The summed E-state index contributed by atoms with van der Waals surface area (Å²) < 4.78 is 48.9. The summed E-state index contributed by atoms with van der Waals surface area (Å²) in [7, 11) is -2.51. The standard InChI is InChI=1S/C31H39N5O6S/c1-6-20(7-2)30-32-19(4)28-31(37)33-29(34-36(28)30)24-18-23(14-16-25(24)41-8-3)43(38,39)35-21-13-15-26(40-5)27(17-21)42-22-11-9-10-12-22/h13-18,20,22,35H,6-12H2,1-5H3,(H,33,34,37). The molecule has 11 nitrogen and oxygen atoms in total. The Balaban J connectivity index is 1.55. The van der Waals surface area contributed by atoms with Crippen LogP contribution in [0.4, 0.5) is 5.69 Å². The van der Waals surface area contributed by atoms with Gasteiger partial charge in [-0.15, -0.1) is 5.10 Å². The molecule has 1 saturated carbocycles. The molecule has 1 fully saturated rings. The van der Waals surface area contributed by atoms with Crippen LogP contribution < -0.4 is 24.5 Å². The summed E-state index contributed by atoms with van der Waals surface area (Å²) in [6.07, 6.45) is 5.85. The van der Waals surface area contributed by atoms with Crippen LogP contribution in [0.15, 0.2) is 46.1 Å². The lowest BCUT2D eigenvalue weighted by molar-refractivity contribution is 0.201. The number of ether oxygens (including phenoxy) is 3. The maximum absolute atomic E-state index is 13.6. The highest BCUT2D eigenvalue weighted by molar-refractivity contribution is 7.92. The fourth-order valence-corrected chi connectivity index (χ4v) is 6.68. The van der Waals surface area contributed by atoms with Crippen LogP contribution in [0.5, 0.6) is 17.2 Å². The van der Waals surface area contributed by atoms with Gasteiger partial charge in [-0.2, -0.15) is 0 Å². The number of nitrogens with one attached hydrogen (secondary N) is 2. The van der Waals surface area contributed by atoms with E-state index in [-0.39, 0.29) is 28.3 Å². The van der Waals surface area contributed by atoms with E-state index >= 15 is 0 Å². The Kier molecular flexibility index (Phi) is 8.95. The summed E-state index contributed by atoms with van der Waals surface area (Å²) in [5.74, 6) is 2.40. The van der Waals surface area contributed by atoms with Gasteiger partial charge in [0.05, 0.1) is 41.7 Å². The van der Waals surface area contributed by atoms with E-state index in [1.807, 2.05) is 6.92 Å². The first-order valence-electron chi connectivity index (χ1n) is 14.8. The van der Waals surface area contributed by atoms with Gasteiger partial charge in [-0.05, 0) is 82.7 Å². The Morgan fingerprint density at radius 1 is 1.05 bits per heavy atom. The molecule has 2 aromatic heterocycles. The molecule has 0 amide bonds. The molecule has 2 heterocycles. The van der Waals surface area contributed by atoms with Crippen molar-refractivity contribution >= 4 is 21.2 Å². The number of nitrogens with zero attached hydrogens (tertiary/aromatic N) is 3. The molecule has 0 atom stereocenters. The molecule has 43 heavy (non-hydrogen) atoms. The van der Waals surface area contributed by atoms with E-state index in [9.17, 15) is 13.2 Å². The maximum Gasteiger partial charge on any atom is 0.277 e. The molecule has 230 valence electrons. The molecule has 1 aliphatic carbocycles. The lowest BCUT2D eigenvalue weighted by Gasteiger charge is -2.18. The van der Waals surface area contributed by atoms with E-state index in [0.29, 0.717) is 52.1 Å². The summed E-state index contributed by atoms with van der Waals surface area (Å²) in [6.45, 7) is 8.09. The van der Waals surface area contributed by atoms with E-state index in [4.69, 9.17) is 19.3 Å². The van der Waals surface area contributed by atoms with E-state index in [2.05, 4.69) is 28.5 Å². The Morgan fingerprint density at radius 2 is 1.77 bits per heavy atom. The lowest BCUT2D eigenvalue weighted by atomic mass is 10.0. The minimum atomic E-state index is -4.06. The first-order valence-corrected chi connectivity index (χ1v) is 16.3. The molecule has 0 aliphatic heterocycles. The van der Waals surface area contributed by atoms with Crippen LogP contribution in [0, 0.1) is 6.92 Å². The second-order valence-electron chi connectivity index (χ2n) is 10.7. The zero-order chi connectivity index (χ0) is 30.7. The van der Waals surface area contributed by atoms with Crippen molar-refractivity contribution in [1.82, 2.24) is 19.6 Å². The van der Waals surface area contributed by atoms with Crippen molar-refractivity contribution in [1.29, 1.82) is 0 Å². The number of aryl methyl sites for hydroxylation is 1. The van der Waals surface area contributed by atoms with Crippen molar-refractivity contribution in [2.75, 3.05) is 18.4 Å². The Hall–Kier alpha value is -4.06. The normalized spacial score (nSPS) is 14.0. The predicted octanol–water partition coefficient (Wildman–Crippen LogP) is 5.83. The monoisotopic (exact) mass is 609 g/mol. The first kappa shape index (κ1) is 30.4. The number of aromatic nitrogens is 4. The number of benzene rings is 2. The average Bonchev–Trinajstić information content (AvgIpc) is 3.62. The first-order chi connectivity index (χ1) is 20.7. The van der Waals surface area contributed by atoms with Crippen LogP contribution >= 0.6 is 0 Å². The molecule has 2 N–H and O–H groups in total. The van der Waals surface area contributed by atoms with Crippen molar-refractivity contribution in [2.24, 2.45) is 0 Å². The van der Waals surface area contributed by atoms with E-state index in [1.54, 1.807) is 42.8 Å². The number of H-pyrrole nitrogens is 1. The molecule has 0 bridgehead atoms. The van der Waals surface area contributed by atoms with Gasteiger partial charge in [0, 0.05) is 12.0 Å². The van der Waals surface area contributed by atoms with Gasteiger partial charge in [0.2, 0.25) is 0 Å². The molecule has 1 aliphatic rings. The van der Waals surface area contributed by atoms with Crippen molar-refractivity contribution in [3.8, 4) is 28.6 Å². The lowest BCUT2D eigenvalue weighted by Crippen LogP contribution is -2.17. The maximum atomic E-state index is 13.6. The quantitative estimate of drug-likeness (QED) is 0.205. The number of anilines is 1. The predicted molar refractivity (Wildman–Crippen MR) is 165 cm³/mol. The van der Waals surface area contributed by atoms with Crippen molar-refractivity contribution in [3.63, 3.8) is 0 Å². The highest BCUT2D eigenvalue weighted by Crippen LogP contribution is 2.36. The minimum Gasteiger partial charge on any atom is -0.493 e. The Morgan fingerprint density at radius 3 is 2.44 bits per heavy atom. The average molecular weight is 610 g/mol. The van der Waals surface area contributed by atoms with Gasteiger partial charge in [-0.1, -0.05) is 13.8 Å². The molecule has 5 rings (SSSR count). The van der Waals surface area contributed by atoms with Gasteiger partial charge in [0.1, 0.15) is 11.6 Å². The van der Waals surface area contributed by atoms with Crippen LogP contribution in [-0.4, -0.2) is 47.8 Å². The van der Waals surface area contributed by atoms with Gasteiger partial charge >= 0.3 is 0 Å². The smallest absolute Gasteiger partial charge is 0.277 e. The molecule has 4 aromatic rings. The summed E-state index contributed by atoms with van der Waals surface area (Å²) in [5, 5.41) is 4.75. The number of fused-ring (bicyclic) bond motifs is 1. The topological polar surface area (TPSA) is 137 Å². The highest BCUT2D eigenvalue weighted by Gasteiger charge is 2.24. The molecule has 2 aromatic carbocycles. The summed E-state index contributed by atoms with van der Waals surface area (Å²) >= 11 is 0. The van der Waals surface area contributed by atoms with Gasteiger partial charge in [0.25, 0.3) is 15.6 Å². The third kappa shape index (κ3) is 6.20. The number of hydrogen-bond acceptors (Lipinski definition) is 8. The van der Waals surface area contributed by atoms with Crippen LogP contribution in [0.2, 0.25) is 0 Å².